The van der Waals surface area contributed by atoms with Crippen molar-refractivity contribution in [1.29, 1.82) is 0 Å². The van der Waals surface area contributed by atoms with E-state index < -0.39 is 11.9 Å². The van der Waals surface area contributed by atoms with Gasteiger partial charge in [0.05, 0.1) is 17.5 Å². The Kier molecular flexibility index (Phi) is 3.09. The van der Waals surface area contributed by atoms with Crippen molar-refractivity contribution in [2.24, 2.45) is 0 Å². The fraction of sp³-hybridized carbons (Fsp3) is 0.0833. The van der Waals surface area contributed by atoms with Crippen molar-refractivity contribution in [2.75, 3.05) is 0 Å². The van der Waals surface area contributed by atoms with E-state index in [9.17, 15) is 9.59 Å². The van der Waals surface area contributed by atoms with Gasteiger partial charge in [0, 0.05) is 18.9 Å². The van der Waals surface area contributed by atoms with Crippen molar-refractivity contribution in [3.63, 3.8) is 0 Å². The molecule has 1 aromatic heterocycles. The summed E-state index contributed by atoms with van der Waals surface area (Å²) < 4.78 is 1.73. The minimum atomic E-state index is -1.15. The summed E-state index contributed by atoms with van der Waals surface area (Å²) >= 11 is 0. The Morgan fingerprint density at radius 2 is 1.72 bits per heavy atom. The highest BCUT2D eigenvalue weighted by atomic mass is 16.4. The van der Waals surface area contributed by atoms with Crippen LogP contribution in [0.15, 0.2) is 36.9 Å². The number of rotatable bonds is 4. The van der Waals surface area contributed by atoms with Crippen LogP contribution in [0.5, 0.6) is 0 Å². The van der Waals surface area contributed by atoms with Crippen LogP contribution in [0.4, 0.5) is 0 Å². The summed E-state index contributed by atoms with van der Waals surface area (Å²) in [6.07, 6.45) is 4.89. The van der Waals surface area contributed by atoms with Crippen LogP contribution in [-0.2, 0) is 6.54 Å². The monoisotopic (exact) mass is 246 g/mol. The molecule has 0 unspecified atom stereocenters. The molecule has 0 spiro atoms. The molecule has 1 heterocycles. The summed E-state index contributed by atoms with van der Waals surface area (Å²) in [5.74, 6) is -2.30. The smallest absolute Gasteiger partial charge is 0.335 e. The van der Waals surface area contributed by atoms with Gasteiger partial charge in [0.2, 0.25) is 0 Å². The van der Waals surface area contributed by atoms with Crippen molar-refractivity contribution in [1.82, 2.24) is 9.55 Å². The van der Waals surface area contributed by atoms with Crippen LogP contribution in [0.25, 0.3) is 0 Å². The summed E-state index contributed by atoms with van der Waals surface area (Å²) in [6, 6.07) is 4.05. The molecule has 0 aliphatic rings. The maximum absolute atomic E-state index is 10.9. The number of carboxylic acids is 2. The second-order valence-electron chi connectivity index (χ2n) is 3.76. The van der Waals surface area contributed by atoms with Crippen LogP contribution in [0.3, 0.4) is 0 Å². The first-order chi connectivity index (χ1) is 8.56. The molecule has 2 rings (SSSR count). The van der Waals surface area contributed by atoms with Gasteiger partial charge in [-0.2, -0.15) is 0 Å². The van der Waals surface area contributed by atoms with Crippen LogP contribution in [-0.4, -0.2) is 31.7 Å². The molecule has 0 bridgehead atoms. The third-order valence-corrected chi connectivity index (χ3v) is 2.41. The van der Waals surface area contributed by atoms with E-state index >= 15 is 0 Å². The highest BCUT2D eigenvalue weighted by Gasteiger charge is 2.11. The van der Waals surface area contributed by atoms with Crippen LogP contribution >= 0.6 is 0 Å². The zero-order chi connectivity index (χ0) is 13.1. The zero-order valence-electron chi connectivity index (χ0n) is 9.28. The normalized spacial score (nSPS) is 10.2. The van der Waals surface area contributed by atoms with E-state index in [1.165, 1.54) is 12.1 Å². The summed E-state index contributed by atoms with van der Waals surface area (Å²) in [6.45, 7) is 0.376. The van der Waals surface area contributed by atoms with Gasteiger partial charge in [-0.05, 0) is 23.8 Å². The van der Waals surface area contributed by atoms with E-state index in [0.29, 0.717) is 12.1 Å². The number of benzene rings is 1. The van der Waals surface area contributed by atoms with E-state index in [-0.39, 0.29) is 11.1 Å². The molecule has 18 heavy (non-hydrogen) atoms. The Morgan fingerprint density at radius 3 is 2.17 bits per heavy atom. The highest BCUT2D eigenvalue weighted by Crippen LogP contribution is 2.12. The van der Waals surface area contributed by atoms with Gasteiger partial charge in [0.1, 0.15) is 0 Å². The lowest BCUT2D eigenvalue weighted by atomic mass is 10.1. The Morgan fingerprint density at radius 1 is 1.11 bits per heavy atom. The minimum absolute atomic E-state index is 0.0370. The summed E-state index contributed by atoms with van der Waals surface area (Å²) in [5, 5.41) is 17.9. The molecule has 0 radical (unpaired) electrons. The van der Waals surface area contributed by atoms with Crippen molar-refractivity contribution in [2.45, 2.75) is 6.54 Å². The molecular formula is C12H10N2O4. The van der Waals surface area contributed by atoms with Crippen molar-refractivity contribution in [3.05, 3.63) is 53.6 Å². The van der Waals surface area contributed by atoms with Crippen molar-refractivity contribution < 1.29 is 19.8 Å². The van der Waals surface area contributed by atoms with Gasteiger partial charge < -0.3 is 14.8 Å². The predicted molar refractivity (Wildman–Crippen MR) is 61.7 cm³/mol. The lowest BCUT2D eigenvalue weighted by Crippen LogP contribution is -2.06. The largest absolute Gasteiger partial charge is 0.478 e. The number of hydrogen-bond donors (Lipinski definition) is 2. The number of carboxylic acid groups (broad SMARTS) is 2. The van der Waals surface area contributed by atoms with Gasteiger partial charge in [0.25, 0.3) is 0 Å². The molecule has 2 N–H and O–H groups in total. The van der Waals surface area contributed by atoms with Gasteiger partial charge in [-0.25, -0.2) is 14.6 Å². The second kappa shape index (κ2) is 4.70. The Bertz CT molecular complexity index is 558. The molecule has 0 atom stereocenters. The third kappa shape index (κ3) is 2.54. The summed E-state index contributed by atoms with van der Waals surface area (Å²) in [7, 11) is 0. The maximum Gasteiger partial charge on any atom is 0.335 e. The summed E-state index contributed by atoms with van der Waals surface area (Å²) in [5.41, 5.74) is 0.528. The summed E-state index contributed by atoms with van der Waals surface area (Å²) in [4.78, 5) is 25.7. The first kappa shape index (κ1) is 11.8. The van der Waals surface area contributed by atoms with Gasteiger partial charge in [-0.1, -0.05) is 0 Å². The Hall–Kier alpha value is -2.63. The molecule has 1 aromatic carbocycles. The van der Waals surface area contributed by atoms with E-state index in [1.807, 2.05) is 0 Å². The Balaban J connectivity index is 2.40. The molecule has 0 saturated carbocycles. The van der Waals surface area contributed by atoms with E-state index in [1.54, 1.807) is 23.3 Å². The SMILES string of the molecule is O=C(O)c1cc(Cn2ccnc2)cc(C(=O)O)c1. The molecule has 92 valence electrons. The van der Waals surface area contributed by atoms with Gasteiger partial charge in [-0.3, -0.25) is 0 Å². The highest BCUT2D eigenvalue weighted by molar-refractivity contribution is 5.94. The molecule has 0 aliphatic carbocycles. The van der Waals surface area contributed by atoms with Crippen molar-refractivity contribution in [3.8, 4) is 0 Å². The van der Waals surface area contributed by atoms with Gasteiger partial charge in [0.15, 0.2) is 0 Å². The second-order valence-corrected chi connectivity index (χ2v) is 3.76. The zero-order valence-corrected chi connectivity index (χ0v) is 9.28. The molecule has 6 heteroatoms. The fourth-order valence-corrected chi connectivity index (χ4v) is 1.62. The molecule has 6 nitrogen and oxygen atoms in total. The molecular weight excluding hydrogens is 236 g/mol. The van der Waals surface area contributed by atoms with Crippen LogP contribution < -0.4 is 0 Å². The number of imidazole rings is 1. The number of aromatic carboxylic acids is 2. The fourth-order valence-electron chi connectivity index (χ4n) is 1.62. The standard InChI is InChI=1S/C12H10N2O4/c15-11(16)9-3-8(4-10(5-9)12(17)18)6-14-2-1-13-7-14/h1-5,7H,6H2,(H,15,16)(H,17,18). The van der Waals surface area contributed by atoms with Crippen LogP contribution in [0.2, 0.25) is 0 Å². The lowest BCUT2D eigenvalue weighted by Gasteiger charge is -2.06. The van der Waals surface area contributed by atoms with Crippen LogP contribution in [0, 0.1) is 0 Å². The first-order valence-corrected chi connectivity index (χ1v) is 5.12. The maximum atomic E-state index is 10.9. The van der Waals surface area contributed by atoms with Crippen molar-refractivity contribution >= 4 is 11.9 Å². The number of carbonyl (C=O) groups is 2. The van der Waals surface area contributed by atoms with E-state index in [2.05, 4.69) is 4.98 Å². The van der Waals surface area contributed by atoms with Gasteiger partial charge >= 0.3 is 11.9 Å². The topological polar surface area (TPSA) is 92.4 Å². The van der Waals surface area contributed by atoms with E-state index in [4.69, 9.17) is 10.2 Å². The van der Waals surface area contributed by atoms with E-state index in [0.717, 1.165) is 6.07 Å². The number of aromatic nitrogens is 2. The third-order valence-electron chi connectivity index (χ3n) is 2.41. The van der Waals surface area contributed by atoms with Crippen LogP contribution in [0.1, 0.15) is 26.3 Å². The molecule has 0 fully saturated rings. The average molecular weight is 246 g/mol. The lowest BCUT2D eigenvalue weighted by molar-refractivity contribution is 0.0696. The number of nitrogens with zero attached hydrogens (tertiary/aromatic N) is 2. The molecule has 2 aromatic rings. The first-order valence-electron chi connectivity index (χ1n) is 5.12. The minimum Gasteiger partial charge on any atom is -0.478 e. The predicted octanol–water partition coefficient (Wildman–Crippen LogP) is 1.33. The quantitative estimate of drug-likeness (QED) is 0.848. The van der Waals surface area contributed by atoms with Gasteiger partial charge in [-0.15, -0.1) is 0 Å². The molecule has 0 saturated heterocycles. The Labute approximate surface area is 102 Å². The molecule has 0 amide bonds. The molecule has 0 aliphatic heterocycles. The number of hydrogen-bond acceptors (Lipinski definition) is 3. The average Bonchev–Trinajstić information content (AvgIpc) is 2.81.